The van der Waals surface area contributed by atoms with Gasteiger partial charge in [0.1, 0.15) is 0 Å². The van der Waals surface area contributed by atoms with Gasteiger partial charge in [0.15, 0.2) is 0 Å². The summed E-state index contributed by atoms with van der Waals surface area (Å²) in [6.45, 7) is 0. The zero-order valence-corrected chi connectivity index (χ0v) is 10.3. The smallest absolute Gasteiger partial charge is 0.231 e. The molecule has 0 aliphatic rings. The monoisotopic (exact) mass is 251 g/mol. The van der Waals surface area contributed by atoms with Crippen LogP contribution in [0.25, 0.3) is 11.4 Å². The number of nitrogens with zero attached hydrogens (tertiary/aromatic N) is 2. The first kappa shape index (κ1) is 11.5. The van der Waals surface area contributed by atoms with Crippen LogP contribution in [-0.2, 0) is 6.42 Å². The number of hydrogen-bond acceptors (Lipinski definition) is 4. The van der Waals surface area contributed by atoms with Crippen molar-refractivity contribution in [2.24, 2.45) is 0 Å². The molecule has 19 heavy (non-hydrogen) atoms. The molecule has 0 saturated carbocycles. The summed E-state index contributed by atoms with van der Waals surface area (Å²) in [5.41, 5.74) is 8.57. The molecule has 0 aliphatic carbocycles. The van der Waals surface area contributed by atoms with Crippen LogP contribution < -0.4 is 5.73 Å². The summed E-state index contributed by atoms with van der Waals surface area (Å²) in [7, 11) is 0. The van der Waals surface area contributed by atoms with Crippen LogP contribution in [0.1, 0.15) is 11.5 Å². The molecule has 94 valence electrons. The number of anilines is 1. The Labute approximate surface area is 110 Å². The van der Waals surface area contributed by atoms with Crippen molar-refractivity contribution in [3.05, 3.63) is 66.1 Å². The summed E-state index contributed by atoms with van der Waals surface area (Å²) in [4.78, 5) is 4.38. The molecule has 1 aromatic heterocycles. The van der Waals surface area contributed by atoms with Crippen molar-refractivity contribution in [3.8, 4) is 11.4 Å². The molecular formula is C15H13N3O. The largest absolute Gasteiger partial charge is 0.398 e. The molecule has 4 heteroatoms. The highest BCUT2D eigenvalue weighted by Gasteiger charge is 2.09. The fraction of sp³-hybridized carbons (Fsp3) is 0.0667. The van der Waals surface area contributed by atoms with Crippen molar-refractivity contribution < 1.29 is 4.52 Å². The zero-order chi connectivity index (χ0) is 13.1. The molecular weight excluding hydrogens is 238 g/mol. The molecule has 1 heterocycles. The summed E-state index contributed by atoms with van der Waals surface area (Å²) in [6, 6.07) is 17.4. The van der Waals surface area contributed by atoms with Crippen LogP contribution in [0.5, 0.6) is 0 Å². The van der Waals surface area contributed by atoms with Crippen molar-refractivity contribution in [3.63, 3.8) is 0 Å². The quantitative estimate of drug-likeness (QED) is 0.727. The maximum atomic E-state index is 5.90. The number of para-hydroxylation sites is 1. The van der Waals surface area contributed by atoms with Crippen molar-refractivity contribution >= 4 is 5.69 Å². The van der Waals surface area contributed by atoms with Crippen LogP contribution >= 0.6 is 0 Å². The highest BCUT2D eigenvalue weighted by atomic mass is 16.5. The molecule has 0 unspecified atom stereocenters. The van der Waals surface area contributed by atoms with E-state index in [1.165, 1.54) is 0 Å². The zero-order valence-electron chi connectivity index (χ0n) is 10.3. The summed E-state index contributed by atoms with van der Waals surface area (Å²) < 4.78 is 5.26. The third-order valence-electron chi connectivity index (χ3n) is 2.90. The summed E-state index contributed by atoms with van der Waals surface area (Å²) in [6.07, 6.45) is 0.548. The Balaban J connectivity index is 1.85. The van der Waals surface area contributed by atoms with Gasteiger partial charge in [0, 0.05) is 11.3 Å². The van der Waals surface area contributed by atoms with Gasteiger partial charge in [-0.05, 0) is 11.6 Å². The average molecular weight is 251 g/mol. The first-order valence-corrected chi connectivity index (χ1v) is 6.04. The van der Waals surface area contributed by atoms with Gasteiger partial charge in [0.2, 0.25) is 11.7 Å². The third-order valence-corrected chi connectivity index (χ3v) is 2.90. The standard InChI is InChI=1S/C15H13N3O/c16-13-9-5-4-8-12(13)10-14-17-15(18-19-14)11-6-2-1-3-7-11/h1-9H,10,16H2. The van der Waals surface area contributed by atoms with Gasteiger partial charge in [-0.25, -0.2) is 0 Å². The maximum absolute atomic E-state index is 5.90. The van der Waals surface area contributed by atoms with Gasteiger partial charge in [0.05, 0.1) is 6.42 Å². The fourth-order valence-electron chi connectivity index (χ4n) is 1.89. The second kappa shape index (κ2) is 4.94. The predicted molar refractivity (Wildman–Crippen MR) is 73.4 cm³/mol. The molecule has 2 aromatic carbocycles. The summed E-state index contributed by atoms with van der Waals surface area (Å²) in [5.74, 6) is 1.17. The lowest BCUT2D eigenvalue weighted by atomic mass is 10.1. The molecule has 3 aromatic rings. The Morgan fingerprint density at radius 2 is 1.68 bits per heavy atom. The molecule has 0 spiro atoms. The lowest BCUT2D eigenvalue weighted by molar-refractivity contribution is 0.386. The fourth-order valence-corrected chi connectivity index (χ4v) is 1.89. The van der Waals surface area contributed by atoms with Crippen LogP contribution in [0.3, 0.4) is 0 Å². The minimum absolute atomic E-state index is 0.548. The number of nitrogens with two attached hydrogens (primary N) is 1. The van der Waals surface area contributed by atoms with E-state index in [1.54, 1.807) is 0 Å². The maximum Gasteiger partial charge on any atom is 0.231 e. The highest BCUT2D eigenvalue weighted by Crippen LogP contribution is 2.18. The van der Waals surface area contributed by atoms with Crippen molar-refractivity contribution in [1.29, 1.82) is 0 Å². The lowest BCUT2D eigenvalue weighted by Gasteiger charge is -2.00. The van der Waals surface area contributed by atoms with Gasteiger partial charge in [-0.15, -0.1) is 0 Å². The molecule has 0 saturated heterocycles. The van der Waals surface area contributed by atoms with Gasteiger partial charge in [0.25, 0.3) is 0 Å². The summed E-state index contributed by atoms with van der Waals surface area (Å²) in [5, 5.41) is 3.99. The highest BCUT2D eigenvalue weighted by molar-refractivity contribution is 5.54. The van der Waals surface area contributed by atoms with Crippen molar-refractivity contribution in [2.75, 3.05) is 5.73 Å². The van der Waals surface area contributed by atoms with Crippen molar-refractivity contribution in [2.45, 2.75) is 6.42 Å². The molecule has 0 fully saturated rings. The minimum atomic E-state index is 0.548. The van der Waals surface area contributed by atoms with Gasteiger partial charge < -0.3 is 10.3 Å². The molecule has 4 nitrogen and oxygen atoms in total. The van der Waals surface area contributed by atoms with Crippen LogP contribution in [0.15, 0.2) is 59.1 Å². The lowest BCUT2D eigenvalue weighted by Crippen LogP contribution is -1.95. The Morgan fingerprint density at radius 3 is 2.47 bits per heavy atom. The van der Waals surface area contributed by atoms with Crippen LogP contribution in [-0.4, -0.2) is 10.1 Å². The van der Waals surface area contributed by atoms with E-state index in [-0.39, 0.29) is 0 Å². The third kappa shape index (κ3) is 2.47. The molecule has 0 aliphatic heterocycles. The molecule has 0 radical (unpaired) electrons. The van der Waals surface area contributed by atoms with E-state index in [0.717, 1.165) is 16.8 Å². The second-order valence-corrected chi connectivity index (χ2v) is 4.25. The average Bonchev–Trinajstić information content (AvgIpc) is 2.91. The van der Waals surface area contributed by atoms with E-state index in [0.29, 0.717) is 18.1 Å². The topological polar surface area (TPSA) is 64.9 Å². The van der Waals surface area contributed by atoms with Crippen LogP contribution in [0.4, 0.5) is 5.69 Å². The van der Waals surface area contributed by atoms with E-state index in [2.05, 4.69) is 10.1 Å². The molecule has 3 rings (SSSR count). The van der Waals surface area contributed by atoms with Crippen molar-refractivity contribution in [1.82, 2.24) is 10.1 Å². The van der Waals surface area contributed by atoms with Gasteiger partial charge >= 0.3 is 0 Å². The van der Waals surface area contributed by atoms with Gasteiger partial charge in [-0.1, -0.05) is 53.7 Å². The van der Waals surface area contributed by atoms with Gasteiger partial charge in [-0.3, -0.25) is 0 Å². The Morgan fingerprint density at radius 1 is 0.947 bits per heavy atom. The summed E-state index contributed by atoms with van der Waals surface area (Å²) >= 11 is 0. The normalized spacial score (nSPS) is 10.5. The molecule has 0 amide bonds. The Kier molecular flexibility index (Phi) is 2.98. The first-order valence-electron chi connectivity index (χ1n) is 6.04. The number of nitrogen functional groups attached to an aromatic ring is 1. The van der Waals surface area contributed by atoms with Crippen LogP contribution in [0, 0.1) is 0 Å². The first-order chi connectivity index (χ1) is 9.33. The Bertz CT molecular complexity index is 677. The van der Waals surface area contributed by atoms with Crippen LogP contribution in [0.2, 0.25) is 0 Å². The van der Waals surface area contributed by atoms with Gasteiger partial charge in [-0.2, -0.15) is 4.98 Å². The minimum Gasteiger partial charge on any atom is -0.398 e. The predicted octanol–water partition coefficient (Wildman–Crippen LogP) is 2.91. The van der Waals surface area contributed by atoms with E-state index < -0.39 is 0 Å². The molecule has 0 bridgehead atoms. The van der Waals surface area contributed by atoms with E-state index >= 15 is 0 Å². The van der Waals surface area contributed by atoms with E-state index in [4.69, 9.17) is 10.3 Å². The van der Waals surface area contributed by atoms with E-state index in [1.807, 2.05) is 54.6 Å². The number of hydrogen-bond donors (Lipinski definition) is 1. The Hall–Kier alpha value is -2.62. The number of aromatic nitrogens is 2. The van der Waals surface area contributed by atoms with E-state index in [9.17, 15) is 0 Å². The number of benzene rings is 2. The number of rotatable bonds is 3. The molecule has 2 N–H and O–H groups in total. The second-order valence-electron chi connectivity index (χ2n) is 4.25. The SMILES string of the molecule is Nc1ccccc1Cc1nc(-c2ccccc2)no1. The molecule has 0 atom stereocenters.